The first-order valence-corrected chi connectivity index (χ1v) is 6.65. The highest BCUT2D eigenvalue weighted by atomic mass is 127. The summed E-state index contributed by atoms with van der Waals surface area (Å²) in [6.45, 7) is 4.59. The molecule has 3 nitrogen and oxygen atoms in total. The van der Waals surface area contributed by atoms with Crippen molar-refractivity contribution in [3.05, 3.63) is 27.3 Å². The minimum atomic E-state index is 0.838. The van der Waals surface area contributed by atoms with Crippen LogP contribution in [0.1, 0.15) is 5.56 Å². The van der Waals surface area contributed by atoms with Crippen molar-refractivity contribution in [2.24, 2.45) is 0 Å². The zero-order chi connectivity index (χ0) is 11.4. The third-order valence-electron chi connectivity index (χ3n) is 2.76. The first-order chi connectivity index (χ1) is 7.81. The van der Waals surface area contributed by atoms with Crippen LogP contribution in [-0.2, 0) is 11.3 Å². The van der Waals surface area contributed by atoms with Crippen LogP contribution in [0.2, 0.25) is 0 Å². The summed E-state index contributed by atoms with van der Waals surface area (Å²) in [5.41, 5.74) is 2.72. The Balaban J connectivity index is 2.23. The molecule has 1 heterocycles. The smallest absolute Gasteiger partial charge is 0.0642 e. The molecule has 1 N–H and O–H groups in total. The van der Waals surface area contributed by atoms with E-state index in [-0.39, 0.29) is 0 Å². The van der Waals surface area contributed by atoms with Gasteiger partial charge in [0, 0.05) is 28.9 Å². The lowest BCUT2D eigenvalue weighted by molar-refractivity contribution is 0.122. The summed E-state index contributed by atoms with van der Waals surface area (Å²) < 4.78 is 6.68. The second kappa shape index (κ2) is 5.84. The highest BCUT2D eigenvalue weighted by Gasteiger charge is 2.14. The summed E-state index contributed by atoms with van der Waals surface area (Å²) in [5.74, 6) is 0. The van der Waals surface area contributed by atoms with Crippen molar-refractivity contribution in [3.8, 4) is 0 Å². The Morgan fingerprint density at radius 2 is 2.12 bits per heavy atom. The summed E-state index contributed by atoms with van der Waals surface area (Å²) in [4.78, 5) is 2.41. The molecule has 1 aromatic carbocycles. The average Bonchev–Trinajstić information content (AvgIpc) is 2.31. The van der Waals surface area contributed by atoms with Crippen LogP contribution >= 0.6 is 22.6 Å². The Hall–Kier alpha value is -0.330. The molecule has 0 aliphatic carbocycles. The maximum Gasteiger partial charge on any atom is 0.0642 e. The highest BCUT2D eigenvalue weighted by molar-refractivity contribution is 14.1. The molecule has 1 saturated heterocycles. The van der Waals surface area contributed by atoms with Crippen molar-refractivity contribution >= 4 is 28.3 Å². The first kappa shape index (κ1) is 12.1. The van der Waals surface area contributed by atoms with Gasteiger partial charge in [0.2, 0.25) is 0 Å². The third-order valence-corrected chi connectivity index (χ3v) is 3.43. The predicted octanol–water partition coefficient (Wildman–Crippen LogP) is 1.85. The summed E-state index contributed by atoms with van der Waals surface area (Å²) in [7, 11) is 1.99. The van der Waals surface area contributed by atoms with Crippen LogP contribution in [0.4, 0.5) is 5.69 Å². The molecule has 16 heavy (non-hydrogen) atoms. The van der Waals surface area contributed by atoms with Gasteiger partial charge in [0.05, 0.1) is 13.2 Å². The summed E-state index contributed by atoms with van der Waals surface area (Å²) in [6.07, 6.45) is 0. The quantitative estimate of drug-likeness (QED) is 0.855. The second-order valence-corrected chi connectivity index (χ2v) is 5.15. The largest absolute Gasteiger partial charge is 0.378 e. The molecule has 4 heteroatoms. The van der Waals surface area contributed by atoms with Gasteiger partial charge in [-0.25, -0.2) is 0 Å². The monoisotopic (exact) mass is 332 g/mol. The number of nitrogens with zero attached hydrogens (tertiary/aromatic N) is 1. The first-order valence-electron chi connectivity index (χ1n) is 5.57. The molecule has 0 atom stereocenters. The average molecular weight is 332 g/mol. The fourth-order valence-electron chi connectivity index (χ4n) is 2.00. The van der Waals surface area contributed by atoms with Gasteiger partial charge in [-0.1, -0.05) is 0 Å². The number of halogens is 1. The highest BCUT2D eigenvalue weighted by Crippen LogP contribution is 2.23. The topological polar surface area (TPSA) is 24.5 Å². The van der Waals surface area contributed by atoms with Gasteiger partial charge in [0.1, 0.15) is 0 Å². The molecule has 0 bridgehead atoms. The maximum absolute atomic E-state index is 5.39. The molecule has 0 radical (unpaired) electrons. The number of hydrogen-bond acceptors (Lipinski definition) is 3. The molecule has 0 saturated carbocycles. The Bertz CT molecular complexity index is 351. The number of rotatable bonds is 3. The SMILES string of the molecule is CNCc1cc(I)ccc1N1CCOCC1. The molecule has 0 amide bonds. The molecule has 0 unspecified atom stereocenters. The van der Waals surface area contributed by atoms with Gasteiger partial charge < -0.3 is 15.0 Å². The molecule has 1 aliphatic rings. The van der Waals surface area contributed by atoms with Crippen LogP contribution < -0.4 is 10.2 Å². The predicted molar refractivity (Wildman–Crippen MR) is 75.0 cm³/mol. The van der Waals surface area contributed by atoms with Gasteiger partial charge in [-0.05, 0) is 53.4 Å². The van der Waals surface area contributed by atoms with Gasteiger partial charge >= 0.3 is 0 Å². The molecule has 0 aromatic heterocycles. The standard InChI is InChI=1S/C12H17IN2O/c1-14-9-10-8-11(13)2-3-12(10)15-4-6-16-7-5-15/h2-3,8,14H,4-7,9H2,1H3. The van der Waals surface area contributed by atoms with E-state index in [1.807, 2.05) is 7.05 Å². The second-order valence-electron chi connectivity index (χ2n) is 3.90. The van der Waals surface area contributed by atoms with E-state index in [2.05, 4.69) is 51.0 Å². The fourth-order valence-corrected chi connectivity index (χ4v) is 2.55. The lowest BCUT2D eigenvalue weighted by atomic mass is 10.1. The Labute approximate surface area is 110 Å². The van der Waals surface area contributed by atoms with Crippen LogP contribution in [0.5, 0.6) is 0 Å². The molecular weight excluding hydrogens is 315 g/mol. The van der Waals surface area contributed by atoms with Crippen LogP contribution in [0.3, 0.4) is 0 Å². The normalized spacial score (nSPS) is 16.5. The fraction of sp³-hybridized carbons (Fsp3) is 0.500. The zero-order valence-corrected chi connectivity index (χ0v) is 11.7. The van der Waals surface area contributed by atoms with Crippen molar-refractivity contribution in [2.75, 3.05) is 38.3 Å². The zero-order valence-electron chi connectivity index (χ0n) is 9.50. The number of hydrogen-bond donors (Lipinski definition) is 1. The van der Waals surface area contributed by atoms with E-state index in [0.29, 0.717) is 0 Å². The third kappa shape index (κ3) is 2.87. The minimum Gasteiger partial charge on any atom is -0.378 e. The summed E-state index contributed by atoms with van der Waals surface area (Å²) in [6, 6.07) is 6.64. The number of benzene rings is 1. The maximum atomic E-state index is 5.39. The summed E-state index contributed by atoms with van der Waals surface area (Å²) in [5, 5.41) is 3.23. The van der Waals surface area contributed by atoms with E-state index in [1.165, 1.54) is 14.8 Å². The van der Waals surface area contributed by atoms with E-state index >= 15 is 0 Å². The van der Waals surface area contributed by atoms with Crippen LogP contribution in [0.25, 0.3) is 0 Å². The minimum absolute atomic E-state index is 0.838. The van der Waals surface area contributed by atoms with E-state index in [4.69, 9.17) is 4.74 Å². The van der Waals surface area contributed by atoms with Crippen LogP contribution in [-0.4, -0.2) is 33.4 Å². The van der Waals surface area contributed by atoms with E-state index in [0.717, 1.165) is 32.8 Å². The van der Waals surface area contributed by atoms with E-state index in [9.17, 15) is 0 Å². The van der Waals surface area contributed by atoms with Crippen LogP contribution in [0, 0.1) is 3.57 Å². The van der Waals surface area contributed by atoms with E-state index < -0.39 is 0 Å². The molecule has 1 aromatic rings. The van der Waals surface area contributed by atoms with Gasteiger partial charge in [-0.15, -0.1) is 0 Å². The summed E-state index contributed by atoms with van der Waals surface area (Å²) >= 11 is 2.36. The van der Waals surface area contributed by atoms with Gasteiger partial charge in [-0.2, -0.15) is 0 Å². The lowest BCUT2D eigenvalue weighted by Crippen LogP contribution is -2.37. The van der Waals surface area contributed by atoms with Gasteiger partial charge in [-0.3, -0.25) is 0 Å². The van der Waals surface area contributed by atoms with Crippen molar-refractivity contribution in [1.29, 1.82) is 0 Å². The number of nitrogens with one attached hydrogen (secondary N) is 1. The molecule has 2 rings (SSSR count). The molecular formula is C12H17IN2O. The van der Waals surface area contributed by atoms with E-state index in [1.54, 1.807) is 0 Å². The number of anilines is 1. The van der Waals surface area contributed by atoms with Gasteiger partial charge in [0.15, 0.2) is 0 Å². The van der Waals surface area contributed by atoms with Crippen molar-refractivity contribution in [2.45, 2.75) is 6.54 Å². The number of ether oxygens (including phenoxy) is 1. The molecule has 88 valence electrons. The van der Waals surface area contributed by atoms with Crippen LogP contribution in [0.15, 0.2) is 18.2 Å². The Kier molecular flexibility index (Phi) is 4.43. The Morgan fingerprint density at radius 1 is 1.38 bits per heavy atom. The van der Waals surface area contributed by atoms with Crippen molar-refractivity contribution < 1.29 is 4.74 Å². The lowest BCUT2D eigenvalue weighted by Gasteiger charge is -2.30. The molecule has 1 aliphatic heterocycles. The van der Waals surface area contributed by atoms with Gasteiger partial charge in [0.25, 0.3) is 0 Å². The molecule has 1 fully saturated rings. The Morgan fingerprint density at radius 3 is 2.81 bits per heavy atom. The number of morpholine rings is 1. The van der Waals surface area contributed by atoms with Crippen molar-refractivity contribution in [1.82, 2.24) is 5.32 Å². The van der Waals surface area contributed by atoms with Crippen molar-refractivity contribution in [3.63, 3.8) is 0 Å². The molecule has 0 spiro atoms.